The van der Waals surface area contributed by atoms with E-state index in [1.807, 2.05) is 17.7 Å². The number of nitrogens with zero attached hydrogens (tertiary/aromatic N) is 5. The highest BCUT2D eigenvalue weighted by Gasteiger charge is 2.21. The molecule has 4 rings (SSSR count). The van der Waals surface area contributed by atoms with E-state index in [2.05, 4.69) is 15.3 Å². The Bertz CT molecular complexity index is 1420. The van der Waals surface area contributed by atoms with Crippen LogP contribution in [0.3, 0.4) is 0 Å². The molecule has 11 nitrogen and oxygen atoms in total. The van der Waals surface area contributed by atoms with Crippen molar-refractivity contribution in [3.8, 4) is 0 Å². The van der Waals surface area contributed by atoms with Gasteiger partial charge in [0.15, 0.2) is 0 Å². The summed E-state index contributed by atoms with van der Waals surface area (Å²) in [4.78, 5) is 40.2. The van der Waals surface area contributed by atoms with E-state index in [1.165, 1.54) is 11.1 Å². The number of hydrogen-bond acceptors (Lipinski definition) is 8. The molecule has 0 radical (unpaired) electrons. The number of halogens is 1. The lowest BCUT2D eigenvalue weighted by Gasteiger charge is -2.21. The van der Waals surface area contributed by atoms with E-state index >= 15 is 0 Å². The first kappa shape index (κ1) is 28.1. The lowest BCUT2D eigenvalue weighted by Crippen LogP contribution is -2.34. The zero-order valence-corrected chi connectivity index (χ0v) is 21.9. The number of esters is 1. The zero-order valence-electron chi connectivity index (χ0n) is 21.0. The molecule has 0 aliphatic carbocycles. The number of amidine groups is 1. The second-order valence-corrected chi connectivity index (χ2v) is 8.19. The van der Waals surface area contributed by atoms with Crippen molar-refractivity contribution in [3.63, 3.8) is 0 Å². The fraction of sp³-hybridized carbons (Fsp3) is 0.231. The molecule has 0 aliphatic rings. The van der Waals surface area contributed by atoms with Gasteiger partial charge in [-0.2, -0.15) is 0 Å². The third kappa shape index (κ3) is 6.43. The third-order valence-corrected chi connectivity index (χ3v) is 5.74. The summed E-state index contributed by atoms with van der Waals surface area (Å²) in [6.07, 6.45) is 3.19. The van der Waals surface area contributed by atoms with Crippen LogP contribution in [-0.2, 0) is 23.1 Å². The molecule has 0 saturated heterocycles. The monoisotopic (exact) mass is 536 g/mol. The molecule has 198 valence electrons. The topological polar surface area (TPSA) is 152 Å². The molecule has 0 aliphatic heterocycles. The number of nitrogen functional groups attached to an aromatic ring is 1. The van der Waals surface area contributed by atoms with Crippen molar-refractivity contribution in [1.29, 1.82) is 5.41 Å². The maximum absolute atomic E-state index is 13.5. The van der Waals surface area contributed by atoms with Gasteiger partial charge in [-0.25, -0.2) is 15.0 Å². The first-order valence-corrected chi connectivity index (χ1v) is 11.8. The Morgan fingerprint density at radius 2 is 1.92 bits per heavy atom. The van der Waals surface area contributed by atoms with Crippen LogP contribution in [0.1, 0.15) is 35.1 Å². The summed E-state index contributed by atoms with van der Waals surface area (Å²) in [6, 6.07) is 14.1. The molecule has 3 aromatic heterocycles. The summed E-state index contributed by atoms with van der Waals surface area (Å²) >= 11 is 0. The van der Waals surface area contributed by atoms with E-state index in [1.54, 1.807) is 55.6 Å². The molecular weight excluding hydrogens is 508 g/mol. The summed E-state index contributed by atoms with van der Waals surface area (Å²) in [7, 11) is 1.90. The molecule has 0 fully saturated rings. The van der Waals surface area contributed by atoms with Crippen LogP contribution in [0.25, 0.3) is 11.0 Å². The molecule has 0 saturated carbocycles. The van der Waals surface area contributed by atoms with E-state index < -0.39 is 0 Å². The van der Waals surface area contributed by atoms with Crippen LogP contribution in [0, 0.1) is 5.41 Å². The fourth-order valence-corrected chi connectivity index (χ4v) is 3.79. The lowest BCUT2D eigenvalue weighted by molar-refractivity contribution is -0.142. The van der Waals surface area contributed by atoms with Gasteiger partial charge in [-0.1, -0.05) is 6.07 Å². The summed E-state index contributed by atoms with van der Waals surface area (Å²) in [5.74, 6) is 1.12. The summed E-state index contributed by atoms with van der Waals surface area (Å²) in [6.45, 7) is 2.57. The van der Waals surface area contributed by atoms with E-state index in [4.69, 9.17) is 20.9 Å². The predicted octanol–water partition coefficient (Wildman–Crippen LogP) is 3.28. The molecule has 0 atom stereocenters. The minimum Gasteiger partial charge on any atom is -0.466 e. The molecule has 0 unspecified atom stereocenters. The lowest BCUT2D eigenvalue weighted by atomic mass is 10.1. The van der Waals surface area contributed by atoms with Gasteiger partial charge >= 0.3 is 5.97 Å². The van der Waals surface area contributed by atoms with Crippen molar-refractivity contribution in [2.24, 2.45) is 12.8 Å². The highest BCUT2D eigenvalue weighted by molar-refractivity contribution is 6.07. The minimum atomic E-state index is -0.376. The molecule has 12 heteroatoms. The summed E-state index contributed by atoms with van der Waals surface area (Å²) in [5.41, 5.74) is 7.99. The van der Waals surface area contributed by atoms with Crippen molar-refractivity contribution < 1.29 is 14.3 Å². The van der Waals surface area contributed by atoms with Gasteiger partial charge in [-0.3, -0.25) is 19.9 Å². The average molecular weight is 537 g/mol. The molecule has 0 spiro atoms. The number of aryl methyl sites for hydroxylation is 1. The van der Waals surface area contributed by atoms with Crippen LogP contribution >= 0.6 is 12.4 Å². The molecule has 0 bridgehead atoms. The van der Waals surface area contributed by atoms with Gasteiger partial charge in [0.2, 0.25) is 0 Å². The maximum atomic E-state index is 13.5. The average Bonchev–Trinajstić information content (AvgIpc) is 3.23. The van der Waals surface area contributed by atoms with Crippen LogP contribution < -0.4 is 16.0 Å². The number of amides is 1. The number of carbonyl (C=O) groups is 2. The maximum Gasteiger partial charge on any atom is 0.307 e. The first-order chi connectivity index (χ1) is 17.9. The Kier molecular flexibility index (Phi) is 9.33. The highest BCUT2D eigenvalue weighted by atomic mass is 35.5. The second kappa shape index (κ2) is 12.6. The molecule has 4 N–H and O–H groups in total. The van der Waals surface area contributed by atoms with Crippen LogP contribution in [0.5, 0.6) is 0 Å². The van der Waals surface area contributed by atoms with Crippen LogP contribution in [0.4, 0.5) is 11.6 Å². The molecule has 1 amide bonds. The molecular formula is C26H29ClN8O3. The number of nitrogens with one attached hydrogen (secondary N) is 2. The van der Waals surface area contributed by atoms with Gasteiger partial charge in [0.05, 0.1) is 30.6 Å². The van der Waals surface area contributed by atoms with Gasteiger partial charge in [-0.15, -0.1) is 12.4 Å². The third-order valence-electron chi connectivity index (χ3n) is 5.74. The number of hydrogen-bond donors (Lipinski definition) is 3. The molecule has 4 aromatic rings. The van der Waals surface area contributed by atoms with Crippen molar-refractivity contribution in [2.75, 3.05) is 23.4 Å². The Labute approximate surface area is 226 Å². The standard InChI is InChI=1S/C26H28N8O3.ClH/c1-3-37-24(35)11-13-34(22-6-4-5-12-29-22)26(36)17-7-9-20-19(14-17)32-23(33(20)2)16-31-21-10-8-18(15-30-21)25(27)28;/h4-10,12,14-15H,3,11,13,16H2,1-2H3,(H3,27,28)(H,30,31);1H. The van der Waals surface area contributed by atoms with E-state index in [-0.39, 0.29) is 49.7 Å². The number of benzene rings is 1. The number of pyridine rings is 2. The number of ether oxygens (including phenoxy) is 1. The van der Waals surface area contributed by atoms with Crippen molar-refractivity contribution in [2.45, 2.75) is 19.9 Å². The van der Waals surface area contributed by atoms with Crippen LogP contribution in [0.15, 0.2) is 60.9 Å². The number of nitrogens with two attached hydrogens (primary N) is 1. The van der Waals surface area contributed by atoms with Gasteiger partial charge in [0.1, 0.15) is 23.3 Å². The Morgan fingerprint density at radius 3 is 2.58 bits per heavy atom. The van der Waals surface area contributed by atoms with E-state index in [0.29, 0.717) is 34.8 Å². The van der Waals surface area contributed by atoms with E-state index in [9.17, 15) is 9.59 Å². The van der Waals surface area contributed by atoms with E-state index in [0.717, 1.165) is 11.3 Å². The van der Waals surface area contributed by atoms with Gasteiger partial charge in [0, 0.05) is 37.1 Å². The van der Waals surface area contributed by atoms with Crippen molar-refractivity contribution in [1.82, 2.24) is 19.5 Å². The van der Waals surface area contributed by atoms with Crippen molar-refractivity contribution in [3.05, 3.63) is 77.9 Å². The SMILES string of the molecule is CCOC(=O)CCN(C(=O)c1ccc2c(c1)nc(CNc1ccc(C(=N)N)cn1)n2C)c1ccccn1.Cl. The van der Waals surface area contributed by atoms with Gasteiger partial charge in [0.25, 0.3) is 5.91 Å². The molecule has 38 heavy (non-hydrogen) atoms. The fourth-order valence-electron chi connectivity index (χ4n) is 3.79. The predicted molar refractivity (Wildman–Crippen MR) is 148 cm³/mol. The summed E-state index contributed by atoms with van der Waals surface area (Å²) in [5, 5.41) is 10.7. The first-order valence-electron chi connectivity index (χ1n) is 11.8. The number of aromatic nitrogens is 4. The number of rotatable bonds is 10. The quantitative estimate of drug-likeness (QED) is 0.158. The number of carbonyl (C=O) groups excluding carboxylic acids is 2. The normalized spacial score (nSPS) is 10.5. The summed E-state index contributed by atoms with van der Waals surface area (Å²) < 4.78 is 6.97. The minimum absolute atomic E-state index is 0. The highest BCUT2D eigenvalue weighted by Crippen LogP contribution is 2.21. The molecule has 3 heterocycles. The van der Waals surface area contributed by atoms with Crippen LogP contribution in [0.2, 0.25) is 0 Å². The molecule has 1 aromatic carbocycles. The number of fused-ring (bicyclic) bond motifs is 1. The number of imidazole rings is 1. The smallest absolute Gasteiger partial charge is 0.307 e. The largest absolute Gasteiger partial charge is 0.466 e. The van der Waals surface area contributed by atoms with Gasteiger partial charge < -0.3 is 20.4 Å². The second-order valence-electron chi connectivity index (χ2n) is 8.19. The Morgan fingerprint density at radius 1 is 1.13 bits per heavy atom. The zero-order chi connectivity index (χ0) is 26.4. The Balaban J connectivity index is 0.00000400. The van der Waals surface area contributed by atoms with Crippen LogP contribution in [-0.4, -0.2) is 50.4 Å². The van der Waals surface area contributed by atoms with Gasteiger partial charge in [-0.05, 0) is 49.4 Å². The Hall–Kier alpha value is -4.51. The number of anilines is 2. The van der Waals surface area contributed by atoms with Crippen molar-refractivity contribution >= 4 is 52.8 Å².